The van der Waals surface area contributed by atoms with Crippen LogP contribution in [0.2, 0.25) is 0 Å². The van der Waals surface area contributed by atoms with Crippen molar-refractivity contribution in [3.8, 4) is 0 Å². The maximum absolute atomic E-state index is 12.7. The number of aryl methyl sites for hydroxylation is 1. The maximum atomic E-state index is 12.7. The Bertz CT molecular complexity index is 438. The predicted molar refractivity (Wildman–Crippen MR) is 81.7 cm³/mol. The van der Waals surface area contributed by atoms with Crippen LogP contribution in [0, 0.1) is 12.8 Å². The molecule has 0 aliphatic rings. The number of amides is 1. The summed E-state index contributed by atoms with van der Waals surface area (Å²) in [6.07, 6.45) is 0. The molecule has 0 radical (unpaired) electrons. The zero-order valence-corrected chi connectivity index (χ0v) is 12.9. The molecule has 0 saturated carbocycles. The number of nitrogens with zero attached hydrogens (tertiary/aromatic N) is 1. The lowest BCUT2D eigenvalue weighted by molar-refractivity contribution is 0.0683. The van der Waals surface area contributed by atoms with Crippen molar-refractivity contribution < 1.29 is 4.79 Å². The minimum atomic E-state index is 0.108. The third-order valence-electron chi connectivity index (χ3n) is 3.12. The third kappa shape index (κ3) is 3.98. The SMILES string of the molecule is CNc1ccc(C)cc1C(=O)N(CC(C)C)C(C)C. The second-order valence-electron chi connectivity index (χ2n) is 5.74. The van der Waals surface area contributed by atoms with E-state index < -0.39 is 0 Å². The van der Waals surface area contributed by atoms with Crippen molar-refractivity contribution in [3.63, 3.8) is 0 Å². The summed E-state index contributed by atoms with van der Waals surface area (Å²) >= 11 is 0. The van der Waals surface area contributed by atoms with Gasteiger partial charge in [-0.1, -0.05) is 25.5 Å². The van der Waals surface area contributed by atoms with Gasteiger partial charge in [-0.05, 0) is 38.8 Å². The van der Waals surface area contributed by atoms with Gasteiger partial charge in [0.25, 0.3) is 5.91 Å². The number of anilines is 1. The van der Waals surface area contributed by atoms with E-state index in [-0.39, 0.29) is 11.9 Å². The van der Waals surface area contributed by atoms with Crippen molar-refractivity contribution in [1.29, 1.82) is 0 Å². The topological polar surface area (TPSA) is 32.3 Å². The minimum Gasteiger partial charge on any atom is -0.387 e. The van der Waals surface area contributed by atoms with Gasteiger partial charge in [0.1, 0.15) is 0 Å². The molecule has 106 valence electrons. The molecule has 1 N–H and O–H groups in total. The normalized spacial score (nSPS) is 10.9. The zero-order chi connectivity index (χ0) is 14.6. The van der Waals surface area contributed by atoms with Crippen molar-refractivity contribution in [3.05, 3.63) is 29.3 Å². The van der Waals surface area contributed by atoms with Crippen LogP contribution in [0.1, 0.15) is 43.6 Å². The zero-order valence-electron chi connectivity index (χ0n) is 12.9. The lowest BCUT2D eigenvalue weighted by Gasteiger charge is -2.29. The Hall–Kier alpha value is -1.51. The second kappa shape index (κ2) is 6.60. The number of hydrogen-bond donors (Lipinski definition) is 1. The molecule has 0 spiro atoms. The van der Waals surface area contributed by atoms with Gasteiger partial charge in [-0.15, -0.1) is 0 Å². The Labute approximate surface area is 117 Å². The van der Waals surface area contributed by atoms with Crippen LogP contribution in [-0.2, 0) is 0 Å². The summed E-state index contributed by atoms with van der Waals surface area (Å²) in [4.78, 5) is 14.7. The van der Waals surface area contributed by atoms with Gasteiger partial charge < -0.3 is 10.2 Å². The highest BCUT2D eigenvalue weighted by Gasteiger charge is 2.21. The molecule has 0 aliphatic heterocycles. The quantitative estimate of drug-likeness (QED) is 0.880. The summed E-state index contributed by atoms with van der Waals surface area (Å²) in [5, 5.41) is 3.10. The Morgan fingerprint density at radius 3 is 2.37 bits per heavy atom. The van der Waals surface area contributed by atoms with E-state index in [1.165, 1.54) is 0 Å². The van der Waals surface area contributed by atoms with Crippen molar-refractivity contribution in [1.82, 2.24) is 4.90 Å². The van der Waals surface area contributed by atoms with E-state index in [0.717, 1.165) is 23.4 Å². The van der Waals surface area contributed by atoms with Gasteiger partial charge in [0.05, 0.1) is 5.56 Å². The van der Waals surface area contributed by atoms with E-state index in [1.54, 1.807) is 0 Å². The van der Waals surface area contributed by atoms with Gasteiger partial charge in [-0.2, -0.15) is 0 Å². The monoisotopic (exact) mass is 262 g/mol. The van der Waals surface area contributed by atoms with E-state index >= 15 is 0 Å². The molecular weight excluding hydrogens is 236 g/mol. The summed E-state index contributed by atoms with van der Waals surface area (Å²) in [5.74, 6) is 0.575. The minimum absolute atomic E-state index is 0.108. The molecule has 0 heterocycles. The summed E-state index contributed by atoms with van der Waals surface area (Å²) < 4.78 is 0. The van der Waals surface area contributed by atoms with Crippen LogP contribution in [0.5, 0.6) is 0 Å². The Balaban J connectivity index is 3.12. The van der Waals surface area contributed by atoms with Crippen molar-refractivity contribution in [2.24, 2.45) is 5.92 Å². The molecule has 19 heavy (non-hydrogen) atoms. The molecular formula is C16H26N2O. The highest BCUT2D eigenvalue weighted by atomic mass is 16.2. The lowest BCUT2D eigenvalue weighted by Crippen LogP contribution is -2.39. The Morgan fingerprint density at radius 1 is 1.26 bits per heavy atom. The first-order valence-corrected chi connectivity index (χ1v) is 6.96. The largest absolute Gasteiger partial charge is 0.387 e. The average molecular weight is 262 g/mol. The van der Waals surface area contributed by atoms with Gasteiger partial charge in [-0.25, -0.2) is 0 Å². The molecule has 0 bridgehead atoms. The second-order valence-corrected chi connectivity index (χ2v) is 5.74. The number of carbonyl (C=O) groups excluding carboxylic acids is 1. The molecule has 0 saturated heterocycles. The van der Waals surface area contributed by atoms with Gasteiger partial charge in [0.15, 0.2) is 0 Å². The van der Waals surface area contributed by atoms with E-state index in [9.17, 15) is 4.79 Å². The Kier molecular flexibility index (Phi) is 5.40. The molecule has 1 aromatic rings. The molecule has 0 fully saturated rings. The smallest absolute Gasteiger partial charge is 0.256 e. The molecule has 1 aromatic carbocycles. The molecule has 0 unspecified atom stereocenters. The van der Waals surface area contributed by atoms with Crippen LogP contribution >= 0.6 is 0 Å². The lowest BCUT2D eigenvalue weighted by atomic mass is 10.1. The average Bonchev–Trinajstić information content (AvgIpc) is 2.34. The summed E-state index contributed by atoms with van der Waals surface area (Å²) in [5.41, 5.74) is 2.76. The van der Waals surface area contributed by atoms with Crippen molar-refractivity contribution >= 4 is 11.6 Å². The number of nitrogens with one attached hydrogen (secondary N) is 1. The van der Waals surface area contributed by atoms with Gasteiger partial charge in [-0.3, -0.25) is 4.79 Å². The molecule has 1 amide bonds. The molecule has 0 aliphatic carbocycles. The molecule has 3 heteroatoms. The van der Waals surface area contributed by atoms with E-state index in [4.69, 9.17) is 0 Å². The molecule has 0 atom stereocenters. The number of carbonyl (C=O) groups is 1. The van der Waals surface area contributed by atoms with Crippen molar-refractivity contribution in [2.75, 3.05) is 18.9 Å². The molecule has 1 rings (SSSR count). The van der Waals surface area contributed by atoms with E-state index in [2.05, 4.69) is 33.0 Å². The summed E-state index contributed by atoms with van der Waals surface area (Å²) in [7, 11) is 1.85. The van der Waals surface area contributed by atoms with Crippen LogP contribution < -0.4 is 5.32 Å². The van der Waals surface area contributed by atoms with Crippen LogP contribution in [0.15, 0.2) is 18.2 Å². The first-order chi connectivity index (χ1) is 8.86. The van der Waals surface area contributed by atoms with Crippen LogP contribution in [0.25, 0.3) is 0 Å². The summed E-state index contributed by atoms with van der Waals surface area (Å²) in [6, 6.07) is 6.16. The fourth-order valence-corrected chi connectivity index (χ4v) is 2.13. The highest BCUT2D eigenvalue weighted by molar-refractivity contribution is 6.00. The van der Waals surface area contributed by atoms with Gasteiger partial charge >= 0.3 is 0 Å². The highest BCUT2D eigenvalue weighted by Crippen LogP contribution is 2.20. The summed E-state index contributed by atoms with van der Waals surface area (Å²) in [6.45, 7) is 11.2. The first kappa shape index (κ1) is 15.5. The number of benzene rings is 1. The molecule has 3 nitrogen and oxygen atoms in total. The fraction of sp³-hybridized carbons (Fsp3) is 0.562. The molecule has 0 aromatic heterocycles. The van der Waals surface area contributed by atoms with Crippen LogP contribution in [-0.4, -0.2) is 30.4 Å². The third-order valence-corrected chi connectivity index (χ3v) is 3.12. The van der Waals surface area contributed by atoms with Crippen LogP contribution in [0.4, 0.5) is 5.69 Å². The standard InChI is InChI=1S/C16H26N2O/c1-11(2)10-18(12(3)4)16(19)14-9-13(5)7-8-15(14)17-6/h7-9,11-12,17H,10H2,1-6H3. The van der Waals surface area contributed by atoms with Crippen LogP contribution in [0.3, 0.4) is 0 Å². The van der Waals surface area contributed by atoms with Gasteiger partial charge in [0.2, 0.25) is 0 Å². The van der Waals surface area contributed by atoms with Crippen molar-refractivity contribution in [2.45, 2.75) is 40.7 Å². The maximum Gasteiger partial charge on any atom is 0.256 e. The first-order valence-electron chi connectivity index (χ1n) is 6.96. The van der Waals surface area contributed by atoms with Gasteiger partial charge in [0, 0.05) is 25.3 Å². The fourth-order valence-electron chi connectivity index (χ4n) is 2.13. The number of hydrogen-bond acceptors (Lipinski definition) is 2. The van der Waals surface area contributed by atoms with E-state index in [1.807, 2.05) is 37.1 Å². The van der Waals surface area contributed by atoms with E-state index in [0.29, 0.717) is 5.92 Å². The predicted octanol–water partition coefficient (Wildman–Crippen LogP) is 3.54. The Morgan fingerprint density at radius 2 is 1.89 bits per heavy atom. The number of rotatable bonds is 5.